The number of benzene rings is 2. The van der Waals surface area contributed by atoms with Crippen molar-refractivity contribution in [2.75, 3.05) is 19.7 Å². The van der Waals surface area contributed by atoms with Crippen LogP contribution in [0.2, 0.25) is 0 Å². The third-order valence-electron chi connectivity index (χ3n) is 3.77. The van der Waals surface area contributed by atoms with Crippen LogP contribution in [0.4, 0.5) is 0 Å². The van der Waals surface area contributed by atoms with Gasteiger partial charge in [-0.05, 0) is 30.3 Å². The number of nitrogens with one attached hydrogen (secondary N) is 1. The zero-order valence-corrected chi connectivity index (χ0v) is 13.3. The number of aromatic hydroxyl groups is 1. The second-order valence-corrected chi connectivity index (χ2v) is 5.59. The van der Waals surface area contributed by atoms with Crippen molar-refractivity contribution in [2.45, 2.75) is 6.10 Å². The van der Waals surface area contributed by atoms with Gasteiger partial charge in [-0.2, -0.15) is 0 Å². The number of hydrogen-bond donors (Lipinski definition) is 3. The summed E-state index contributed by atoms with van der Waals surface area (Å²) in [5, 5.41) is 21.4. The largest absolute Gasteiger partial charge is 0.507 e. The molecule has 0 saturated heterocycles. The van der Waals surface area contributed by atoms with E-state index in [4.69, 9.17) is 14.6 Å². The third kappa shape index (κ3) is 3.89. The van der Waals surface area contributed by atoms with Crippen LogP contribution in [0.1, 0.15) is 20.7 Å². The van der Waals surface area contributed by atoms with Crippen LogP contribution in [0.25, 0.3) is 0 Å². The highest BCUT2D eigenvalue weighted by Crippen LogP contribution is 2.30. The minimum absolute atomic E-state index is 0.0192. The summed E-state index contributed by atoms with van der Waals surface area (Å²) in [4.78, 5) is 23.2. The van der Waals surface area contributed by atoms with E-state index in [1.165, 1.54) is 12.1 Å². The summed E-state index contributed by atoms with van der Waals surface area (Å²) in [7, 11) is 0. The van der Waals surface area contributed by atoms with Gasteiger partial charge in [0.2, 0.25) is 0 Å². The molecule has 2 aromatic rings. The van der Waals surface area contributed by atoms with E-state index in [-0.39, 0.29) is 35.3 Å². The molecule has 25 heavy (non-hydrogen) atoms. The number of hydrogen-bond acceptors (Lipinski definition) is 6. The van der Waals surface area contributed by atoms with Crippen LogP contribution in [0, 0.1) is 0 Å². The van der Waals surface area contributed by atoms with Crippen molar-refractivity contribution < 1.29 is 29.3 Å². The van der Waals surface area contributed by atoms with Gasteiger partial charge in [-0.25, -0.2) is 4.79 Å². The minimum Gasteiger partial charge on any atom is -0.507 e. The van der Waals surface area contributed by atoms with Crippen LogP contribution in [-0.2, 0) is 0 Å². The number of carbonyl (C=O) groups is 2. The quantitative estimate of drug-likeness (QED) is 0.686. The molecule has 0 bridgehead atoms. The average molecular weight is 343 g/mol. The molecule has 3 N–H and O–H groups in total. The van der Waals surface area contributed by atoms with E-state index in [0.29, 0.717) is 24.7 Å². The van der Waals surface area contributed by atoms with Gasteiger partial charge in [0.25, 0.3) is 0 Å². The van der Waals surface area contributed by atoms with Crippen LogP contribution < -0.4 is 14.8 Å². The van der Waals surface area contributed by atoms with Crippen molar-refractivity contribution in [3.8, 4) is 17.2 Å². The summed E-state index contributed by atoms with van der Waals surface area (Å²) in [6, 6.07) is 11.1. The summed E-state index contributed by atoms with van der Waals surface area (Å²) in [5.41, 5.74) is -0.0830. The maximum atomic E-state index is 12.2. The molecular formula is C18H17NO6. The van der Waals surface area contributed by atoms with Gasteiger partial charge in [-0.15, -0.1) is 0 Å². The van der Waals surface area contributed by atoms with Crippen LogP contribution in [0.3, 0.4) is 0 Å². The van der Waals surface area contributed by atoms with E-state index in [2.05, 4.69) is 5.32 Å². The number of aromatic carboxylic acids is 1. The second kappa shape index (κ2) is 7.23. The standard InChI is InChI=1S/C18H17NO6/c20-14-6-5-11(7-13(14)18(22)23)15(21)9-19-8-12-10-24-16-3-1-2-4-17(16)25-12/h1-7,12,19-20H,8-10H2,(H,22,23). The molecule has 1 unspecified atom stereocenters. The predicted molar refractivity (Wildman–Crippen MR) is 88.6 cm³/mol. The van der Waals surface area contributed by atoms with Gasteiger partial charge in [0.15, 0.2) is 17.3 Å². The summed E-state index contributed by atoms with van der Waals surface area (Å²) in [5.74, 6) is -0.578. The first-order valence-corrected chi connectivity index (χ1v) is 7.73. The molecule has 1 atom stereocenters. The van der Waals surface area contributed by atoms with Gasteiger partial charge in [-0.1, -0.05) is 12.1 Å². The number of ketones is 1. The lowest BCUT2D eigenvalue weighted by atomic mass is 10.1. The molecule has 2 aromatic carbocycles. The Bertz CT molecular complexity index is 804. The van der Waals surface area contributed by atoms with Gasteiger partial charge in [0.05, 0.1) is 6.54 Å². The molecule has 0 aliphatic carbocycles. The zero-order chi connectivity index (χ0) is 17.8. The number of para-hydroxylation sites is 2. The van der Waals surface area contributed by atoms with Crippen LogP contribution in [-0.4, -0.2) is 47.8 Å². The normalized spacial score (nSPS) is 15.6. The highest BCUT2D eigenvalue weighted by Gasteiger charge is 2.20. The Kier molecular flexibility index (Phi) is 4.85. The van der Waals surface area contributed by atoms with Gasteiger partial charge in [-0.3, -0.25) is 4.79 Å². The van der Waals surface area contributed by atoms with E-state index < -0.39 is 5.97 Å². The SMILES string of the molecule is O=C(CNCC1COc2ccccc2O1)c1ccc(O)c(C(=O)O)c1. The van der Waals surface area contributed by atoms with Gasteiger partial charge in [0, 0.05) is 12.1 Å². The lowest BCUT2D eigenvalue weighted by molar-refractivity contribution is 0.0693. The smallest absolute Gasteiger partial charge is 0.339 e. The lowest BCUT2D eigenvalue weighted by Crippen LogP contribution is -2.40. The fourth-order valence-electron chi connectivity index (χ4n) is 2.49. The molecule has 7 heteroatoms. The minimum atomic E-state index is -1.29. The number of carboxylic acid groups (broad SMARTS) is 1. The molecule has 0 aromatic heterocycles. The van der Waals surface area contributed by atoms with Crippen LogP contribution in [0.15, 0.2) is 42.5 Å². The van der Waals surface area contributed by atoms with Crippen molar-refractivity contribution in [1.29, 1.82) is 0 Å². The highest BCUT2D eigenvalue weighted by molar-refractivity contribution is 6.01. The number of carbonyl (C=O) groups excluding carboxylic acids is 1. The maximum Gasteiger partial charge on any atom is 0.339 e. The van der Waals surface area contributed by atoms with Crippen LogP contribution in [0.5, 0.6) is 17.2 Å². The van der Waals surface area contributed by atoms with Crippen LogP contribution >= 0.6 is 0 Å². The number of carboxylic acids is 1. The number of Topliss-reactive ketones (excluding diaryl/α,β-unsaturated/α-hetero) is 1. The summed E-state index contributed by atoms with van der Waals surface area (Å²) < 4.78 is 11.4. The number of ether oxygens (including phenoxy) is 2. The van der Waals surface area contributed by atoms with E-state index in [0.717, 1.165) is 6.07 Å². The fraction of sp³-hybridized carbons (Fsp3) is 0.222. The Labute approximate surface area is 143 Å². The summed E-state index contributed by atoms with van der Waals surface area (Å²) in [6.45, 7) is 0.801. The first-order valence-electron chi connectivity index (χ1n) is 7.73. The first kappa shape index (κ1) is 16.8. The Balaban J connectivity index is 1.54. The Morgan fingerprint density at radius 3 is 2.68 bits per heavy atom. The average Bonchev–Trinajstić information content (AvgIpc) is 2.61. The Hall–Kier alpha value is -3.06. The topological polar surface area (TPSA) is 105 Å². The Morgan fingerprint density at radius 1 is 1.16 bits per heavy atom. The zero-order valence-electron chi connectivity index (χ0n) is 13.3. The van der Waals surface area contributed by atoms with Crippen molar-refractivity contribution in [3.63, 3.8) is 0 Å². The number of rotatable bonds is 6. The van der Waals surface area contributed by atoms with Crippen molar-refractivity contribution in [1.82, 2.24) is 5.32 Å². The molecule has 1 heterocycles. The molecular weight excluding hydrogens is 326 g/mol. The van der Waals surface area contributed by atoms with E-state index in [9.17, 15) is 14.7 Å². The monoisotopic (exact) mass is 343 g/mol. The molecule has 1 aliphatic rings. The molecule has 0 amide bonds. The van der Waals surface area contributed by atoms with E-state index in [1.807, 2.05) is 24.3 Å². The maximum absolute atomic E-state index is 12.2. The first-order chi connectivity index (χ1) is 12.0. The van der Waals surface area contributed by atoms with Crippen molar-refractivity contribution >= 4 is 11.8 Å². The second-order valence-electron chi connectivity index (χ2n) is 5.59. The van der Waals surface area contributed by atoms with E-state index >= 15 is 0 Å². The molecule has 0 radical (unpaired) electrons. The summed E-state index contributed by atoms with van der Waals surface area (Å²) in [6.07, 6.45) is -0.225. The molecule has 7 nitrogen and oxygen atoms in total. The number of phenols is 1. The van der Waals surface area contributed by atoms with Crippen molar-refractivity contribution in [3.05, 3.63) is 53.6 Å². The Morgan fingerprint density at radius 2 is 1.92 bits per heavy atom. The molecule has 0 spiro atoms. The van der Waals surface area contributed by atoms with Gasteiger partial charge in [0.1, 0.15) is 24.0 Å². The predicted octanol–water partition coefficient (Wildman–Crippen LogP) is 1.70. The molecule has 0 fully saturated rings. The number of fused-ring (bicyclic) bond motifs is 1. The molecule has 130 valence electrons. The van der Waals surface area contributed by atoms with E-state index in [1.54, 1.807) is 0 Å². The highest BCUT2D eigenvalue weighted by atomic mass is 16.6. The van der Waals surface area contributed by atoms with Gasteiger partial charge >= 0.3 is 5.97 Å². The lowest BCUT2D eigenvalue weighted by Gasteiger charge is -2.26. The molecule has 3 rings (SSSR count). The van der Waals surface area contributed by atoms with Gasteiger partial charge < -0.3 is 25.0 Å². The fourth-order valence-corrected chi connectivity index (χ4v) is 2.49. The third-order valence-corrected chi connectivity index (χ3v) is 3.77. The van der Waals surface area contributed by atoms with Crippen molar-refractivity contribution in [2.24, 2.45) is 0 Å². The molecule has 0 saturated carbocycles. The molecule has 1 aliphatic heterocycles. The summed E-state index contributed by atoms with van der Waals surface area (Å²) >= 11 is 0.